The topological polar surface area (TPSA) is 70.6 Å². The van der Waals surface area contributed by atoms with Crippen LogP contribution in [-0.2, 0) is 12.8 Å². The number of hydrogen-bond acceptors (Lipinski definition) is 5. The molecule has 0 unspecified atom stereocenters. The van der Waals surface area contributed by atoms with E-state index < -0.39 is 6.17 Å². The maximum absolute atomic E-state index is 12.7. The van der Waals surface area contributed by atoms with Crippen molar-refractivity contribution in [1.82, 2.24) is 5.32 Å². The van der Waals surface area contributed by atoms with E-state index in [0.717, 1.165) is 35.4 Å². The lowest BCUT2D eigenvalue weighted by atomic mass is 9.88. The van der Waals surface area contributed by atoms with Crippen LogP contribution in [0.3, 0.4) is 0 Å². The molecule has 4 rings (SSSR count). The lowest BCUT2D eigenvalue weighted by molar-refractivity contribution is 0.0935. The third kappa shape index (κ3) is 2.73. The number of rotatable bonds is 2. The summed E-state index contributed by atoms with van der Waals surface area (Å²) in [6.07, 6.45) is 2.70. The van der Waals surface area contributed by atoms with Gasteiger partial charge in [0, 0.05) is 4.88 Å². The number of carbonyl (C=O) groups excluding carboxylic acids is 1. The minimum Gasteiger partial charge on any atom is -0.503 e. The van der Waals surface area contributed by atoms with Crippen molar-refractivity contribution >= 4 is 33.8 Å². The predicted molar refractivity (Wildman–Crippen MR) is 99.0 cm³/mol. The minimum absolute atomic E-state index is 0.0611. The number of thiophene rings is 1. The second-order valence-electron chi connectivity index (χ2n) is 6.66. The average molecular weight is 379 g/mol. The van der Waals surface area contributed by atoms with E-state index in [1.54, 1.807) is 23.5 Å². The Hall–Kier alpha value is -1.92. The summed E-state index contributed by atoms with van der Waals surface area (Å²) < 4.78 is 5.16. The molecule has 0 spiro atoms. The molecule has 0 radical (unpaired) electrons. The molecule has 2 atom stereocenters. The number of halogens is 1. The number of aromatic hydroxyl groups is 1. The number of ether oxygens (including phenoxy) is 1. The number of amides is 1. The molecule has 5 nitrogen and oxygen atoms in total. The number of hydrogen-bond donors (Lipinski definition) is 3. The van der Waals surface area contributed by atoms with Gasteiger partial charge in [-0.3, -0.25) is 4.79 Å². The second-order valence-corrected chi connectivity index (χ2v) is 8.17. The molecule has 1 aliphatic carbocycles. The van der Waals surface area contributed by atoms with Crippen LogP contribution in [0.25, 0.3) is 0 Å². The molecule has 1 aromatic heterocycles. The minimum atomic E-state index is -0.412. The van der Waals surface area contributed by atoms with Gasteiger partial charge in [-0.25, -0.2) is 0 Å². The molecule has 1 aromatic carbocycles. The highest BCUT2D eigenvalue weighted by molar-refractivity contribution is 7.16. The molecule has 0 bridgehead atoms. The Morgan fingerprint density at radius 1 is 1.36 bits per heavy atom. The largest absolute Gasteiger partial charge is 0.503 e. The first-order valence-electron chi connectivity index (χ1n) is 8.26. The highest BCUT2D eigenvalue weighted by Gasteiger charge is 2.33. The van der Waals surface area contributed by atoms with E-state index in [1.165, 1.54) is 17.6 Å². The van der Waals surface area contributed by atoms with Crippen LogP contribution in [0.15, 0.2) is 12.1 Å². The highest BCUT2D eigenvalue weighted by Crippen LogP contribution is 2.43. The molecule has 0 saturated carbocycles. The van der Waals surface area contributed by atoms with Gasteiger partial charge in [-0.1, -0.05) is 18.5 Å². The lowest BCUT2D eigenvalue weighted by Crippen LogP contribution is -2.38. The average Bonchev–Trinajstić information content (AvgIpc) is 2.94. The van der Waals surface area contributed by atoms with Crippen LogP contribution < -0.4 is 15.4 Å². The number of fused-ring (bicyclic) bond motifs is 3. The summed E-state index contributed by atoms with van der Waals surface area (Å²) in [5, 5.41) is 17.4. The van der Waals surface area contributed by atoms with Crippen molar-refractivity contribution in [3.63, 3.8) is 0 Å². The van der Waals surface area contributed by atoms with Gasteiger partial charge >= 0.3 is 0 Å². The van der Waals surface area contributed by atoms with Gasteiger partial charge in [0.25, 0.3) is 5.91 Å². The third-order valence-electron chi connectivity index (χ3n) is 4.89. The zero-order chi connectivity index (χ0) is 17.7. The number of carbonyl (C=O) groups is 1. The van der Waals surface area contributed by atoms with Crippen molar-refractivity contribution in [3.05, 3.63) is 38.7 Å². The fourth-order valence-electron chi connectivity index (χ4n) is 3.55. The molecule has 1 amide bonds. The number of nitrogens with one attached hydrogen (secondary N) is 2. The first-order valence-corrected chi connectivity index (χ1v) is 9.45. The quantitative estimate of drug-likeness (QED) is 0.736. The molecule has 0 fully saturated rings. The lowest BCUT2D eigenvalue weighted by Gasteiger charge is -2.27. The van der Waals surface area contributed by atoms with Crippen molar-refractivity contribution in [2.75, 3.05) is 12.4 Å². The number of phenolic OH excluding ortho intramolecular Hbond substituents is 1. The maximum Gasteiger partial charge on any atom is 0.256 e. The molecule has 132 valence electrons. The van der Waals surface area contributed by atoms with Crippen LogP contribution in [0, 0.1) is 5.92 Å². The van der Waals surface area contributed by atoms with Gasteiger partial charge < -0.3 is 20.5 Å². The number of benzene rings is 1. The monoisotopic (exact) mass is 378 g/mol. The maximum atomic E-state index is 12.7. The molecule has 7 heteroatoms. The summed E-state index contributed by atoms with van der Waals surface area (Å²) >= 11 is 7.76. The van der Waals surface area contributed by atoms with Crippen LogP contribution in [-0.4, -0.2) is 18.1 Å². The zero-order valence-corrected chi connectivity index (χ0v) is 15.6. The Bertz CT molecular complexity index is 864. The molecule has 1 aliphatic heterocycles. The van der Waals surface area contributed by atoms with Gasteiger partial charge in [0.15, 0.2) is 11.5 Å². The molecule has 2 aromatic rings. The molecular formula is C18H19ClN2O3S. The molecule has 3 N–H and O–H groups in total. The summed E-state index contributed by atoms with van der Waals surface area (Å²) in [5.74, 6) is 0.778. The zero-order valence-electron chi connectivity index (χ0n) is 14.0. The van der Waals surface area contributed by atoms with Crippen LogP contribution in [0.2, 0.25) is 5.02 Å². The molecule has 0 saturated heterocycles. The van der Waals surface area contributed by atoms with Gasteiger partial charge in [0.2, 0.25) is 0 Å². The normalized spacial score (nSPS) is 21.8. The van der Waals surface area contributed by atoms with Crippen LogP contribution >= 0.6 is 22.9 Å². The van der Waals surface area contributed by atoms with E-state index in [1.807, 2.05) is 0 Å². The predicted octanol–water partition coefficient (Wildman–Crippen LogP) is 4.09. The van der Waals surface area contributed by atoms with Gasteiger partial charge in [-0.05, 0) is 48.4 Å². The Morgan fingerprint density at radius 3 is 2.92 bits per heavy atom. The Balaban J connectivity index is 1.71. The van der Waals surface area contributed by atoms with E-state index in [0.29, 0.717) is 5.92 Å². The Kier molecular flexibility index (Phi) is 4.04. The van der Waals surface area contributed by atoms with Crippen molar-refractivity contribution in [2.24, 2.45) is 5.92 Å². The van der Waals surface area contributed by atoms with Crippen LogP contribution in [0.5, 0.6) is 11.5 Å². The van der Waals surface area contributed by atoms with Crippen molar-refractivity contribution in [1.29, 1.82) is 0 Å². The second kappa shape index (κ2) is 6.11. The number of anilines is 1. The SMILES string of the molecule is COc1cc([C@@H]2NC(=O)c3c(sc4c3CC[C@H](C)C4)N2)cc(Cl)c1O. The first-order chi connectivity index (χ1) is 12.0. The van der Waals surface area contributed by atoms with Gasteiger partial charge in [-0.15, -0.1) is 11.3 Å². The number of methoxy groups -OCH3 is 1. The van der Waals surface area contributed by atoms with Gasteiger partial charge in [-0.2, -0.15) is 0 Å². The molecule has 2 aliphatic rings. The molecular weight excluding hydrogens is 360 g/mol. The van der Waals surface area contributed by atoms with Gasteiger partial charge in [0.1, 0.15) is 11.2 Å². The number of phenols is 1. The summed E-state index contributed by atoms with van der Waals surface area (Å²) in [6.45, 7) is 2.25. The summed E-state index contributed by atoms with van der Waals surface area (Å²) in [7, 11) is 1.47. The molecule has 25 heavy (non-hydrogen) atoms. The highest BCUT2D eigenvalue weighted by atomic mass is 35.5. The van der Waals surface area contributed by atoms with Gasteiger partial charge in [0.05, 0.1) is 17.7 Å². The fraction of sp³-hybridized carbons (Fsp3) is 0.389. The summed E-state index contributed by atoms with van der Waals surface area (Å²) in [5.41, 5.74) is 2.72. The fourth-order valence-corrected chi connectivity index (χ4v) is 5.20. The van der Waals surface area contributed by atoms with Crippen molar-refractivity contribution in [3.8, 4) is 11.5 Å². The van der Waals surface area contributed by atoms with Crippen LogP contribution in [0.4, 0.5) is 5.00 Å². The Labute approximate surface area is 155 Å². The van der Waals surface area contributed by atoms with E-state index in [-0.39, 0.29) is 22.4 Å². The van der Waals surface area contributed by atoms with Crippen molar-refractivity contribution < 1.29 is 14.6 Å². The first kappa shape index (κ1) is 16.5. The van der Waals surface area contributed by atoms with E-state index >= 15 is 0 Å². The van der Waals surface area contributed by atoms with E-state index in [2.05, 4.69) is 17.6 Å². The van der Waals surface area contributed by atoms with E-state index in [9.17, 15) is 9.90 Å². The standard InChI is InChI=1S/C18H19ClN2O3S/c1-8-3-4-10-13(5-8)25-18-14(10)17(23)20-16(21-18)9-6-11(19)15(22)12(7-9)24-2/h6-8,16,21-22H,3-5H2,1-2H3,(H,20,23)/t8-,16+/m0/s1. The van der Waals surface area contributed by atoms with E-state index in [4.69, 9.17) is 16.3 Å². The Morgan fingerprint density at radius 2 is 2.16 bits per heavy atom. The van der Waals surface area contributed by atoms with Crippen molar-refractivity contribution in [2.45, 2.75) is 32.4 Å². The summed E-state index contributed by atoms with van der Waals surface area (Å²) in [4.78, 5) is 14.0. The summed E-state index contributed by atoms with van der Waals surface area (Å²) in [6, 6.07) is 3.32. The molecule has 2 heterocycles. The third-order valence-corrected chi connectivity index (χ3v) is 6.37. The smallest absolute Gasteiger partial charge is 0.256 e. The van der Waals surface area contributed by atoms with Crippen LogP contribution in [0.1, 0.15) is 45.9 Å².